The number of benzene rings is 10. The standard InChI is InChI=1S/2C22H12N4.2C13H9F2N2.4C2H3N.2BF4.2Rh/c2*1-2-6-14-12-18-17(11-13(14)5-1)25-21-15-7-3-9-23-19(15)20-16(22(21)26-18)8-4-10-24-20;2*14-10-1-5-12(6-2-10)16-9-17-13-7-3-11(15)4-8-13;4*1-2-3;2*2-1(3,4)5;;/h2*1-12H;2*1-9H;4*1H3;;;;/q;;2*-1;;;;;2*-1;2*+2. The van der Waals surface area contributed by atoms with Crippen LogP contribution >= 0.6 is 0 Å². The maximum Gasteiger partial charge on any atom is 2.00 e. The van der Waals surface area contributed by atoms with E-state index in [-0.39, 0.29) is 62.2 Å². The van der Waals surface area contributed by atoms with Crippen LogP contribution in [0.25, 0.3) is 120 Å². The van der Waals surface area contributed by atoms with E-state index in [4.69, 9.17) is 41.0 Å². The van der Waals surface area contributed by atoms with E-state index in [0.29, 0.717) is 22.7 Å². The van der Waals surface area contributed by atoms with Gasteiger partial charge in [-0.3, -0.25) is 19.9 Å². The number of hydrogen-bond donors (Lipinski definition) is 0. The second kappa shape index (κ2) is 43.6. The van der Waals surface area contributed by atoms with Crippen molar-refractivity contribution in [2.24, 2.45) is 9.98 Å². The molecule has 16 rings (SSSR count). The molecule has 0 N–H and O–H groups in total. The summed E-state index contributed by atoms with van der Waals surface area (Å²) in [7, 11) is -12.0. The van der Waals surface area contributed by atoms with Crippen molar-refractivity contribution in [3.63, 3.8) is 0 Å². The zero-order chi connectivity index (χ0) is 78.2. The molecule has 6 aromatic heterocycles. The Hall–Kier alpha value is -13.0. The fourth-order valence-corrected chi connectivity index (χ4v) is 9.81. The first-order chi connectivity index (χ1) is 51.9. The van der Waals surface area contributed by atoms with Crippen LogP contribution in [0.1, 0.15) is 27.7 Å². The smallest absolute Gasteiger partial charge is 0.443 e. The van der Waals surface area contributed by atoms with Crippen molar-refractivity contribution < 1.29 is 91.0 Å². The number of hydrogen-bond acceptors (Lipinski definition) is 14. The first-order valence-corrected chi connectivity index (χ1v) is 31.6. The van der Waals surface area contributed by atoms with E-state index in [1.54, 1.807) is 97.6 Å². The zero-order valence-corrected chi connectivity index (χ0v) is 61.0. The average Bonchev–Trinajstić information content (AvgIpc) is 0.740. The molecule has 0 aliphatic heterocycles. The van der Waals surface area contributed by atoms with Gasteiger partial charge in [-0.25, -0.2) is 37.5 Å². The molecule has 32 heteroatoms. The molecule has 16 nitrogen and oxygen atoms in total. The molecule has 0 saturated heterocycles. The van der Waals surface area contributed by atoms with Crippen molar-refractivity contribution in [2.45, 2.75) is 27.7 Å². The van der Waals surface area contributed by atoms with Gasteiger partial charge in [-0.15, -0.1) is 0 Å². The third-order valence-corrected chi connectivity index (χ3v) is 13.9. The van der Waals surface area contributed by atoms with Crippen molar-refractivity contribution in [3.05, 3.63) is 277 Å². The normalized spacial score (nSPS) is 10.3. The van der Waals surface area contributed by atoms with Crippen LogP contribution in [0.2, 0.25) is 0 Å². The molecule has 554 valence electrons. The van der Waals surface area contributed by atoms with E-state index in [0.717, 1.165) is 87.7 Å². The van der Waals surface area contributed by atoms with E-state index in [1.807, 2.05) is 72.8 Å². The molecule has 0 unspecified atom stereocenters. The Bertz CT molecular complexity index is 5330. The summed E-state index contributed by atoms with van der Waals surface area (Å²) in [6.07, 6.45) is 9.88. The van der Waals surface area contributed by atoms with Crippen LogP contribution < -0.4 is 0 Å². The molecule has 0 fully saturated rings. The van der Waals surface area contributed by atoms with Crippen LogP contribution in [-0.4, -0.2) is 67.1 Å². The summed E-state index contributed by atoms with van der Waals surface area (Å²) in [4.78, 5) is 46.2. The van der Waals surface area contributed by atoms with E-state index in [9.17, 15) is 52.1 Å². The maximum atomic E-state index is 12.6. The Labute approximate surface area is 646 Å². The van der Waals surface area contributed by atoms with Crippen LogP contribution in [-0.2, 0) is 39.0 Å². The summed E-state index contributed by atoms with van der Waals surface area (Å²) in [5, 5.41) is 45.9. The average molecular weight is 1670 g/mol. The molecule has 0 atom stereocenters. The fourth-order valence-electron chi connectivity index (χ4n) is 9.81. The Kier molecular flexibility index (Phi) is 34.7. The van der Waals surface area contributed by atoms with Gasteiger partial charge >= 0.3 is 53.5 Å². The molecule has 0 amide bonds. The minimum Gasteiger partial charge on any atom is -0.443 e. The minimum absolute atomic E-state index is 0. The molecule has 6 heterocycles. The van der Waals surface area contributed by atoms with Gasteiger partial charge in [0.05, 0.1) is 90.5 Å². The predicted octanol–water partition coefficient (Wildman–Crippen LogP) is 23.4. The van der Waals surface area contributed by atoms with Gasteiger partial charge in [0.2, 0.25) is 0 Å². The van der Waals surface area contributed by atoms with E-state index >= 15 is 0 Å². The second-order valence-corrected chi connectivity index (χ2v) is 21.4. The molecule has 0 spiro atoms. The molecular formula is C78H54B2F12N16Rh2. The van der Waals surface area contributed by atoms with Crippen LogP contribution in [0.15, 0.2) is 253 Å². The number of aliphatic imine (C=N–C) groups is 2. The Morgan fingerprint density at radius 1 is 0.309 bits per heavy atom. The Morgan fingerprint density at radius 2 is 0.509 bits per heavy atom. The fraction of sp³-hybridized carbons (Fsp3) is 0.0513. The van der Waals surface area contributed by atoms with Gasteiger partial charge in [0.25, 0.3) is 0 Å². The van der Waals surface area contributed by atoms with Gasteiger partial charge in [0.15, 0.2) is 0 Å². The third-order valence-electron chi connectivity index (χ3n) is 13.9. The number of halogens is 12. The molecule has 110 heavy (non-hydrogen) atoms. The molecule has 16 aromatic rings. The topological polar surface area (TPSA) is 251 Å². The van der Waals surface area contributed by atoms with Gasteiger partial charge in [-0.1, -0.05) is 110 Å². The number of fused-ring (bicyclic) bond motifs is 16. The summed E-state index contributed by atoms with van der Waals surface area (Å²) in [5.41, 5.74) is 13.0. The summed E-state index contributed by atoms with van der Waals surface area (Å²) >= 11 is 0. The van der Waals surface area contributed by atoms with Gasteiger partial charge in [-0.2, -0.15) is 21.0 Å². The zero-order valence-electron chi connectivity index (χ0n) is 57.8. The van der Waals surface area contributed by atoms with Crippen molar-refractivity contribution in [3.8, 4) is 24.3 Å². The summed E-state index contributed by atoms with van der Waals surface area (Å²) < 4.78 is 128. The van der Waals surface area contributed by atoms with Crippen LogP contribution in [0.5, 0.6) is 0 Å². The van der Waals surface area contributed by atoms with E-state index < -0.39 is 14.5 Å². The second-order valence-electron chi connectivity index (χ2n) is 21.4. The Balaban J connectivity index is 0.000000242. The molecule has 2 radical (unpaired) electrons. The number of nitriles is 4. The van der Waals surface area contributed by atoms with E-state index in [2.05, 4.69) is 89.1 Å². The largest absolute Gasteiger partial charge is 2.00 e. The van der Waals surface area contributed by atoms with Crippen LogP contribution in [0, 0.1) is 68.6 Å². The van der Waals surface area contributed by atoms with Gasteiger partial charge < -0.3 is 55.1 Å². The number of pyridine rings is 4. The molecule has 0 saturated carbocycles. The van der Waals surface area contributed by atoms with Crippen molar-refractivity contribution >= 4 is 159 Å². The van der Waals surface area contributed by atoms with Crippen LogP contribution in [0.4, 0.5) is 74.8 Å². The molecule has 10 aromatic carbocycles. The number of aromatic nitrogens is 8. The quantitative estimate of drug-likeness (QED) is 0.0376. The first kappa shape index (κ1) is 87.6. The maximum absolute atomic E-state index is 12.6. The number of nitrogens with zero attached hydrogens (tertiary/aromatic N) is 16. The van der Waals surface area contributed by atoms with Crippen LogP contribution in [0.3, 0.4) is 0 Å². The Morgan fingerprint density at radius 3 is 0.718 bits per heavy atom. The van der Waals surface area contributed by atoms with E-state index in [1.165, 1.54) is 110 Å². The monoisotopic (exact) mass is 1670 g/mol. The molecule has 0 aliphatic carbocycles. The SMILES string of the molecule is CC#N.CC#N.CC#N.CC#N.F[B-](F)(F)F.F[B-](F)(F)F.Fc1ccc(N=C[N-]c2ccc(F)cc2)cc1.Fc1ccc(N=C[N-]c2ccc(F)cc2)cc1.[Rh+2].[Rh+2].c1ccc2cc3nc4c5cccnc5c5ncccc5c4nc3cc2c1.c1ccc2cc3nc4c5cccnc5c5ncccc5c4nc3cc2c1. The molecular weight excluding hydrogens is 1620 g/mol. The van der Waals surface area contributed by atoms with Gasteiger partial charge in [-0.05, 0) is 166 Å². The van der Waals surface area contributed by atoms with Crippen molar-refractivity contribution in [1.29, 1.82) is 21.0 Å². The molecule has 0 aliphatic rings. The molecule has 0 bridgehead atoms. The first-order valence-electron chi connectivity index (χ1n) is 31.6. The van der Waals surface area contributed by atoms with Crippen molar-refractivity contribution in [1.82, 2.24) is 39.9 Å². The third kappa shape index (κ3) is 26.8. The summed E-state index contributed by atoms with van der Waals surface area (Å²) in [5.74, 6) is -1.22. The predicted molar refractivity (Wildman–Crippen MR) is 404 cm³/mol. The number of rotatable bonds is 6. The summed E-state index contributed by atoms with van der Waals surface area (Å²) in [6, 6.07) is 70.9. The van der Waals surface area contributed by atoms with Crippen molar-refractivity contribution in [2.75, 3.05) is 0 Å². The minimum atomic E-state index is -6.00. The summed E-state index contributed by atoms with van der Waals surface area (Å²) in [6.45, 7) is 5.72. The van der Waals surface area contributed by atoms with Gasteiger partial charge in [0, 0.05) is 74.0 Å². The van der Waals surface area contributed by atoms with Gasteiger partial charge in [0.1, 0.15) is 23.3 Å².